The maximum absolute atomic E-state index is 4.21. The summed E-state index contributed by atoms with van der Waals surface area (Å²) in [5, 5.41) is 11.4. The Balaban J connectivity index is 2.12. The van der Waals surface area contributed by atoms with Crippen molar-refractivity contribution in [3.63, 3.8) is 0 Å². The van der Waals surface area contributed by atoms with Crippen molar-refractivity contribution in [3.8, 4) is 0 Å². The van der Waals surface area contributed by atoms with Crippen molar-refractivity contribution in [2.75, 3.05) is 0 Å². The molecule has 0 saturated carbocycles. The Hall–Kier alpha value is -0.200. The Kier molecular flexibility index (Phi) is 1.55. The molecule has 0 bridgehead atoms. The molecule has 0 aliphatic carbocycles. The second-order valence-electron chi connectivity index (χ2n) is 0.964. The highest BCUT2D eigenvalue weighted by Gasteiger charge is 2.11. The lowest BCUT2D eigenvalue weighted by molar-refractivity contribution is -0.785. The lowest BCUT2D eigenvalue weighted by atomic mass is 10.8. The van der Waals surface area contributed by atoms with Gasteiger partial charge in [-0.05, 0) is 22.0 Å². The molecule has 7 heavy (non-hydrogen) atoms. The van der Waals surface area contributed by atoms with Crippen molar-refractivity contribution in [2.24, 2.45) is 0 Å². The molecule has 0 N–H and O–H groups in total. The molecule has 1 heterocycles. The molecule has 0 atom stereocenters. The Labute approximate surface area is 39.4 Å². The van der Waals surface area contributed by atoms with Gasteiger partial charge in [0.05, 0.1) is 0 Å². The van der Waals surface area contributed by atoms with Crippen LogP contribution in [0.2, 0.25) is 0 Å². The Morgan fingerprint density at radius 3 is 1.86 bits per heavy atom. The van der Waals surface area contributed by atoms with Crippen LogP contribution in [-0.2, 0) is 24.9 Å². The Bertz CT molecular complexity index is 48.0. The maximum atomic E-state index is 4.21. The molecule has 0 aromatic rings. The SMILES string of the molecule is CC1OOOOO1. The van der Waals surface area contributed by atoms with Crippen LogP contribution in [0.1, 0.15) is 6.92 Å². The molecule has 42 valence electrons. The lowest BCUT2D eigenvalue weighted by Gasteiger charge is -2.12. The van der Waals surface area contributed by atoms with Crippen molar-refractivity contribution in [1.82, 2.24) is 0 Å². The summed E-state index contributed by atoms with van der Waals surface area (Å²) in [4.78, 5) is 8.42. The fourth-order valence-electron chi connectivity index (χ4n) is 0.170. The molecular formula is C2H4O5. The van der Waals surface area contributed by atoms with E-state index >= 15 is 0 Å². The lowest BCUT2D eigenvalue weighted by Crippen LogP contribution is -2.19. The van der Waals surface area contributed by atoms with Crippen LogP contribution >= 0.6 is 0 Å². The van der Waals surface area contributed by atoms with Crippen LogP contribution in [0.3, 0.4) is 0 Å². The van der Waals surface area contributed by atoms with Gasteiger partial charge in [-0.1, -0.05) is 0 Å². The van der Waals surface area contributed by atoms with Crippen LogP contribution in [-0.4, -0.2) is 6.29 Å². The Morgan fingerprint density at radius 1 is 1.00 bits per heavy atom. The van der Waals surface area contributed by atoms with Crippen molar-refractivity contribution >= 4 is 0 Å². The summed E-state index contributed by atoms with van der Waals surface area (Å²) < 4.78 is 0. The average molecular weight is 108 g/mol. The normalized spacial score (nSPS) is 25.3. The zero-order chi connectivity index (χ0) is 5.11. The summed E-state index contributed by atoms with van der Waals surface area (Å²) in [5.41, 5.74) is 0. The van der Waals surface area contributed by atoms with Crippen molar-refractivity contribution in [2.45, 2.75) is 13.2 Å². The highest BCUT2D eigenvalue weighted by Crippen LogP contribution is 2.02. The van der Waals surface area contributed by atoms with Crippen LogP contribution < -0.4 is 0 Å². The highest BCUT2D eigenvalue weighted by molar-refractivity contribution is 4.12. The summed E-state index contributed by atoms with van der Waals surface area (Å²) in [6.07, 6.45) is -0.534. The van der Waals surface area contributed by atoms with Crippen molar-refractivity contribution in [3.05, 3.63) is 0 Å². The first-order valence-corrected chi connectivity index (χ1v) is 1.72. The van der Waals surface area contributed by atoms with E-state index in [4.69, 9.17) is 0 Å². The van der Waals surface area contributed by atoms with E-state index in [0.29, 0.717) is 0 Å². The molecule has 0 radical (unpaired) electrons. The minimum atomic E-state index is -0.534. The quantitative estimate of drug-likeness (QED) is 0.411. The third-order valence-electron chi connectivity index (χ3n) is 0.405. The minimum Gasteiger partial charge on any atom is -0.169 e. The first kappa shape index (κ1) is 4.95. The average Bonchev–Trinajstić information content (AvgIpc) is 1.69. The van der Waals surface area contributed by atoms with Gasteiger partial charge in [0.2, 0.25) is 6.29 Å². The third kappa shape index (κ3) is 1.38. The van der Waals surface area contributed by atoms with E-state index < -0.39 is 6.29 Å². The van der Waals surface area contributed by atoms with Crippen molar-refractivity contribution < 1.29 is 24.9 Å². The van der Waals surface area contributed by atoms with Crippen LogP contribution in [0.5, 0.6) is 0 Å². The second-order valence-corrected chi connectivity index (χ2v) is 0.964. The van der Waals surface area contributed by atoms with Gasteiger partial charge < -0.3 is 0 Å². The number of hydrogen-bond donors (Lipinski definition) is 0. The summed E-state index contributed by atoms with van der Waals surface area (Å²) in [6, 6.07) is 0. The molecule has 0 aromatic heterocycles. The molecular weight excluding hydrogens is 104 g/mol. The number of hydrogen-bond acceptors (Lipinski definition) is 5. The van der Waals surface area contributed by atoms with E-state index in [1.807, 2.05) is 0 Å². The molecule has 5 nitrogen and oxygen atoms in total. The molecule has 1 rings (SSSR count). The molecule has 0 spiro atoms. The van der Waals surface area contributed by atoms with Gasteiger partial charge >= 0.3 is 0 Å². The molecule has 0 unspecified atom stereocenters. The first-order chi connectivity index (χ1) is 3.39. The topological polar surface area (TPSA) is 46.2 Å². The van der Waals surface area contributed by atoms with E-state index in [9.17, 15) is 0 Å². The predicted octanol–water partition coefficient (Wildman–Crippen LogP) is 0.0890. The van der Waals surface area contributed by atoms with Gasteiger partial charge in [0.15, 0.2) is 0 Å². The molecule has 1 aliphatic rings. The summed E-state index contributed by atoms with van der Waals surface area (Å²) in [6.45, 7) is 1.59. The predicted molar refractivity (Wildman–Crippen MR) is 14.9 cm³/mol. The zero-order valence-corrected chi connectivity index (χ0v) is 3.62. The van der Waals surface area contributed by atoms with E-state index in [-0.39, 0.29) is 0 Å². The van der Waals surface area contributed by atoms with E-state index in [1.54, 1.807) is 6.92 Å². The van der Waals surface area contributed by atoms with Crippen LogP contribution in [0.4, 0.5) is 0 Å². The van der Waals surface area contributed by atoms with Gasteiger partial charge in [0.25, 0.3) is 0 Å². The second kappa shape index (κ2) is 2.20. The van der Waals surface area contributed by atoms with Gasteiger partial charge in [-0.3, -0.25) is 0 Å². The molecule has 1 aliphatic heterocycles. The third-order valence-corrected chi connectivity index (χ3v) is 0.405. The molecule has 5 heteroatoms. The summed E-state index contributed by atoms with van der Waals surface area (Å²) >= 11 is 0. The van der Waals surface area contributed by atoms with Gasteiger partial charge in [0, 0.05) is 0 Å². The standard InChI is InChI=1S/C2H4O5/c1-2-3-5-7-6-4-2/h2H,1H3. The largest absolute Gasteiger partial charge is 0.228 e. The van der Waals surface area contributed by atoms with Crippen LogP contribution in [0.15, 0.2) is 0 Å². The fraction of sp³-hybridized carbons (Fsp3) is 1.00. The van der Waals surface area contributed by atoms with Crippen LogP contribution in [0.25, 0.3) is 0 Å². The fourth-order valence-corrected chi connectivity index (χ4v) is 0.170. The van der Waals surface area contributed by atoms with Crippen molar-refractivity contribution in [1.29, 1.82) is 0 Å². The summed E-state index contributed by atoms with van der Waals surface area (Å²) in [7, 11) is 0. The smallest absolute Gasteiger partial charge is 0.169 e. The minimum absolute atomic E-state index is 0.534. The number of rotatable bonds is 0. The van der Waals surface area contributed by atoms with Gasteiger partial charge in [-0.25, -0.2) is 0 Å². The molecule has 1 fully saturated rings. The maximum Gasteiger partial charge on any atom is 0.228 e. The summed E-state index contributed by atoms with van der Waals surface area (Å²) in [5.74, 6) is 0. The zero-order valence-electron chi connectivity index (χ0n) is 3.62. The highest BCUT2D eigenvalue weighted by atomic mass is 17.8. The monoisotopic (exact) mass is 108 g/mol. The van der Waals surface area contributed by atoms with Gasteiger partial charge in [-0.15, -0.1) is 0 Å². The van der Waals surface area contributed by atoms with Crippen LogP contribution in [0, 0.1) is 0 Å². The van der Waals surface area contributed by atoms with E-state index in [2.05, 4.69) is 24.9 Å². The molecule has 0 amide bonds. The molecule has 1 saturated heterocycles. The van der Waals surface area contributed by atoms with E-state index in [1.165, 1.54) is 0 Å². The van der Waals surface area contributed by atoms with Gasteiger partial charge in [0.1, 0.15) is 0 Å². The first-order valence-electron chi connectivity index (χ1n) is 1.72. The van der Waals surface area contributed by atoms with E-state index in [0.717, 1.165) is 0 Å². The Morgan fingerprint density at radius 2 is 1.57 bits per heavy atom. The van der Waals surface area contributed by atoms with Gasteiger partial charge in [-0.2, -0.15) is 9.78 Å². The molecule has 0 aromatic carbocycles.